The van der Waals surface area contributed by atoms with Crippen LogP contribution >= 0.6 is 0 Å². The van der Waals surface area contributed by atoms with Gasteiger partial charge in [0.25, 0.3) is 0 Å². The van der Waals surface area contributed by atoms with Crippen LogP contribution in [0.3, 0.4) is 0 Å². The number of rotatable bonds is 4. The number of halogens is 1. The number of aromatic carboxylic acids is 1. The Morgan fingerprint density at radius 2 is 2.33 bits per heavy atom. The van der Waals surface area contributed by atoms with Gasteiger partial charge in [0, 0.05) is 7.05 Å². The Kier molecular flexibility index (Phi) is 3.22. The molecular formula is C11H11FN4O2. The van der Waals surface area contributed by atoms with Crippen LogP contribution < -0.4 is 5.32 Å². The standard InChI is InChI=1S/C11H11FN4O2/c1-16-8(6-14-15-16)5-13-10-4-7(11(17)18)2-3-9(10)12/h2-4,6,13H,5H2,1H3,(H,17,18). The van der Waals surface area contributed by atoms with E-state index >= 15 is 0 Å². The van der Waals surface area contributed by atoms with Gasteiger partial charge in [-0.2, -0.15) is 0 Å². The lowest BCUT2D eigenvalue weighted by Crippen LogP contribution is -2.07. The highest BCUT2D eigenvalue weighted by atomic mass is 19.1. The first-order valence-electron chi connectivity index (χ1n) is 5.18. The summed E-state index contributed by atoms with van der Waals surface area (Å²) >= 11 is 0. The quantitative estimate of drug-likeness (QED) is 0.854. The van der Waals surface area contributed by atoms with E-state index in [4.69, 9.17) is 5.11 Å². The Morgan fingerprint density at radius 1 is 1.56 bits per heavy atom. The summed E-state index contributed by atoms with van der Waals surface area (Å²) in [6.07, 6.45) is 1.55. The fourth-order valence-corrected chi connectivity index (χ4v) is 1.45. The predicted molar refractivity (Wildman–Crippen MR) is 61.7 cm³/mol. The molecule has 1 aromatic heterocycles. The van der Waals surface area contributed by atoms with Gasteiger partial charge in [0.1, 0.15) is 5.82 Å². The molecular weight excluding hydrogens is 239 g/mol. The smallest absolute Gasteiger partial charge is 0.335 e. The number of aromatic nitrogens is 3. The maximum Gasteiger partial charge on any atom is 0.335 e. The van der Waals surface area contributed by atoms with Gasteiger partial charge in [-0.05, 0) is 18.2 Å². The summed E-state index contributed by atoms with van der Waals surface area (Å²) in [5, 5.41) is 19.1. The van der Waals surface area contributed by atoms with E-state index in [2.05, 4.69) is 15.6 Å². The van der Waals surface area contributed by atoms with Crippen molar-refractivity contribution in [1.29, 1.82) is 0 Å². The average molecular weight is 250 g/mol. The van der Waals surface area contributed by atoms with E-state index in [1.807, 2.05) is 0 Å². The molecule has 0 aliphatic heterocycles. The molecule has 1 aromatic carbocycles. The van der Waals surface area contributed by atoms with Crippen molar-refractivity contribution < 1.29 is 14.3 Å². The largest absolute Gasteiger partial charge is 0.478 e. The van der Waals surface area contributed by atoms with E-state index in [1.165, 1.54) is 12.1 Å². The van der Waals surface area contributed by atoms with Crippen LogP contribution in [0.25, 0.3) is 0 Å². The Bertz CT molecular complexity index is 582. The van der Waals surface area contributed by atoms with Crippen LogP contribution in [0.4, 0.5) is 10.1 Å². The summed E-state index contributed by atoms with van der Waals surface area (Å²) in [6, 6.07) is 3.59. The summed E-state index contributed by atoms with van der Waals surface area (Å²) in [5.74, 6) is -1.60. The van der Waals surface area contributed by atoms with Gasteiger partial charge in [-0.3, -0.25) is 4.68 Å². The molecule has 0 saturated carbocycles. The molecule has 0 radical (unpaired) electrons. The zero-order valence-corrected chi connectivity index (χ0v) is 9.59. The predicted octanol–water partition coefficient (Wildman–Crippen LogP) is 1.26. The Balaban J connectivity index is 2.16. The maximum atomic E-state index is 13.5. The minimum Gasteiger partial charge on any atom is -0.478 e. The second-order valence-corrected chi connectivity index (χ2v) is 3.70. The molecule has 0 aliphatic rings. The minimum absolute atomic E-state index is 0.0297. The first-order chi connectivity index (χ1) is 8.58. The van der Waals surface area contributed by atoms with Crippen molar-refractivity contribution in [3.8, 4) is 0 Å². The van der Waals surface area contributed by atoms with Crippen LogP contribution in [-0.4, -0.2) is 26.1 Å². The average Bonchev–Trinajstić information content (AvgIpc) is 2.73. The zero-order valence-electron chi connectivity index (χ0n) is 9.59. The highest BCUT2D eigenvalue weighted by Crippen LogP contribution is 2.17. The number of carboxylic acid groups (broad SMARTS) is 1. The van der Waals surface area contributed by atoms with Crippen molar-refractivity contribution in [3.05, 3.63) is 41.5 Å². The maximum absolute atomic E-state index is 13.5. The van der Waals surface area contributed by atoms with Crippen molar-refractivity contribution in [1.82, 2.24) is 15.0 Å². The lowest BCUT2D eigenvalue weighted by atomic mass is 10.2. The summed E-state index contributed by atoms with van der Waals surface area (Å²) in [5.41, 5.74) is 0.924. The molecule has 0 unspecified atom stereocenters. The van der Waals surface area contributed by atoms with Gasteiger partial charge in [0.2, 0.25) is 0 Å². The van der Waals surface area contributed by atoms with E-state index in [-0.39, 0.29) is 11.3 Å². The molecule has 0 fully saturated rings. The Labute approximate surface area is 102 Å². The van der Waals surface area contributed by atoms with E-state index in [1.54, 1.807) is 17.9 Å². The lowest BCUT2D eigenvalue weighted by Gasteiger charge is -2.08. The summed E-state index contributed by atoms with van der Waals surface area (Å²) < 4.78 is 15.0. The van der Waals surface area contributed by atoms with Crippen molar-refractivity contribution in [2.75, 3.05) is 5.32 Å². The van der Waals surface area contributed by atoms with Gasteiger partial charge in [-0.15, -0.1) is 5.10 Å². The monoisotopic (exact) mass is 250 g/mol. The molecule has 94 valence electrons. The van der Waals surface area contributed by atoms with Crippen LogP contribution in [-0.2, 0) is 13.6 Å². The molecule has 18 heavy (non-hydrogen) atoms. The molecule has 0 saturated heterocycles. The van der Waals surface area contributed by atoms with Crippen LogP contribution in [0.2, 0.25) is 0 Å². The Morgan fingerprint density at radius 3 is 2.94 bits per heavy atom. The normalized spacial score (nSPS) is 10.3. The molecule has 0 spiro atoms. The molecule has 6 nitrogen and oxygen atoms in total. The SMILES string of the molecule is Cn1nncc1CNc1cc(C(=O)O)ccc1F. The Hall–Kier alpha value is -2.44. The minimum atomic E-state index is -1.10. The number of benzene rings is 1. The van der Waals surface area contributed by atoms with Crippen molar-refractivity contribution in [2.24, 2.45) is 7.05 Å². The topological polar surface area (TPSA) is 80.0 Å². The van der Waals surface area contributed by atoms with Gasteiger partial charge in [-0.1, -0.05) is 5.21 Å². The number of aryl methyl sites for hydroxylation is 1. The van der Waals surface area contributed by atoms with Gasteiger partial charge in [0.15, 0.2) is 0 Å². The van der Waals surface area contributed by atoms with Crippen LogP contribution in [0, 0.1) is 5.82 Å². The van der Waals surface area contributed by atoms with Crippen molar-refractivity contribution >= 4 is 11.7 Å². The van der Waals surface area contributed by atoms with Crippen LogP contribution in [0.15, 0.2) is 24.4 Å². The third kappa shape index (κ3) is 2.45. The van der Waals surface area contributed by atoms with E-state index in [0.717, 1.165) is 11.8 Å². The van der Waals surface area contributed by atoms with Gasteiger partial charge < -0.3 is 10.4 Å². The van der Waals surface area contributed by atoms with Gasteiger partial charge in [-0.25, -0.2) is 9.18 Å². The molecule has 1 heterocycles. The molecule has 0 amide bonds. The van der Waals surface area contributed by atoms with Crippen molar-refractivity contribution in [3.63, 3.8) is 0 Å². The van der Waals surface area contributed by atoms with E-state index in [9.17, 15) is 9.18 Å². The first-order valence-corrected chi connectivity index (χ1v) is 5.18. The van der Waals surface area contributed by atoms with Crippen LogP contribution in [0.1, 0.15) is 16.1 Å². The van der Waals surface area contributed by atoms with E-state index < -0.39 is 11.8 Å². The van der Waals surface area contributed by atoms with Crippen LogP contribution in [0.5, 0.6) is 0 Å². The number of hydrogen-bond donors (Lipinski definition) is 2. The van der Waals surface area contributed by atoms with Gasteiger partial charge in [0.05, 0.1) is 29.7 Å². The zero-order chi connectivity index (χ0) is 13.1. The highest BCUT2D eigenvalue weighted by molar-refractivity contribution is 5.88. The molecule has 0 atom stereocenters. The molecule has 2 N–H and O–H groups in total. The molecule has 7 heteroatoms. The first kappa shape index (κ1) is 12.0. The highest BCUT2D eigenvalue weighted by Gasteiger charge is 2.08. The number of nitrogens with one attached hydrogen (secondary N) is 1. The number of carboxylic acids is 1. The summed E-state index contributed by atoms with van der Waals surface area (Å²) in [4.78, 5) is 10.8. The third-order valence-electron chi connectivity index (χ3n) is 2.48. The molecule has 2 rings (SSSR count). The summed E-state index contributed by atoms with van der Waals surface area (Å²) in [7, 11) is 1.72. The molecule has 0 bridgehead atoms. The fourth-order valence-electron chi connectivity index (χ4n) is 1.45. The van der Waals surface area contributed by atoms with E-state index in [0.29, 0.717) is 6.54 Å². The third-order valence-corrected chi connectivity index (χ3v) is 2.48. The second-order valence-electron chi connectivity index (χ2n) is 3.70. The number of nitrogens with zero attached hydrogens (tertiary/aromatic N) is 3. The summed E-state index contributed by atoms with van der Waals surface area (Å²) in [6.45, 7) is 0.309. The lowest BCUT2D eigenvalue weighted by molar-refractivity contribution is 0.0697. The number of hydrogen-bond acceptors (Lipinski definition) is 4. The number of carbonyl (C=O) groups is 1. The second kappa shape index (κ2) is 4.82. The van der Waals surface area contributed by atoms with Gasteiger partial charge >= 0.3 is 5.97 Å². The molecule has 2 aromatic rings. The number of anilines is 1. The molecule has 0 aliphatic carbocycles. The van der Waals surface area contributed by atoms with Crippen molar-refractivity contribution in [2.45, 2.75) is 6.54 Å². The fraction of sp³-hybridized carbons (Fsp3) is 0.182.